The lowest BCUT2D eigenvalue weighted by Gasteiger charge is -2.18. The van der Waals surface area contributed by atoms with Crippen LogP contribution in [0, 0.1) is 17.8 Å². The molecule has 0 aromatic heterocycles. The lowest BCUT2D eigenvalue weighted by molar-refractivity contribution is 0.411. The third-order valence-electron chi connectivity index (χ3n) is 4.95. The van der Waals surface area contributed by atoms with E-state index in [1.807, 2.05) is 0 Å². The Morgan fingerprint density at radius 1 is 1.26 bits per heavy atom. The van der Waals surface area contributed by atoms with Gasteiger partial charge in [-0.1, -0.05) is 18.9 Å². The van der Waals surface area contributed by atoms with Crippen LogP contribution in [0.15, 0.2) is 22.7 Å². The molecule has 19 heavy (non-hydrogen) atoms. The van der Waals surface area contributed by atoms with E-state index in [1.165, 1.54) is 31.2 Å². The van der Waals surface area contributed by atoms with Crippen LogP contribution < -0.4 is 10.1 Å². The Morgan fingerprint density at radius 2 is 1.95 bits per heavy atom. The number of hydrogen-bond acceptors (Lipinski definition) is 2. The van der Waals surface area contributed by atoms with E-state index in [4.69, 9.17) is 4.74 Å². The molecule has 0 bridgehead atoms. The van der Waals surface area contributed by atoms with Gasteiger partial charge in [-0.25, -0.2) is 0 Å². The van der Waals surface area contributed by atoms with E-state index in [-0.39, 0.29) is 0 Å². The Hall–Kier alpha value is -0.540. The zero-order valence-electron chi connectivity index (χ0n) is 11.7. The van der Waals surface area contributed by atoms with Crippen molar-refractivity contribution in [3.63, 3.8) is 0 Å². The molecule has 3 atom stereocenters. The Labute approximate surface area is 124 Å². The fraction of sp³-hybridized carbons (Fsp3) is 0.625. The number of ether oxygens (including phenoxy) is 1. The SMILES string of the molecule is CNC(c1ccc(OC)c(Br)c1)C1C2CCCCC21. The van der Waals surface area contributed by atoms with Crippen LogP contribution in [0.25, 0.3) is 0 Å². The van der Waals surface area contributed by atoms with Crippen molar-refractivity contribution >= 4 is 15.9 Å². The van der Waals surface area contributed by atoms with E-state index < -0.39 is 0 Å². The standard InChI is InChI=1S/C16H22BrNO/c1-18-16(15-11-5-3-4-6-12(11)15)10-7-8-14(19-2)13(17)9-10/h7-9,11-12,15-16,18H,3-6H2,1-2H3. The molecule has 1 aromatic carbocycles. The van der Waals surface area contributed by atoms with Crippen LogP contribution >= 0.6 is 15.9 Å². The summed E-state index contributed by atoms with van der Waals surface area (Å²) in [7, 11) is 3.80. The van der Waals surface area contributed by atoms with Crippen molar-refractivity contribution in [2.24, 2.45) is 17.8 Å². The Balaban J connectivity index is 1.81. The molecule has 3 heteroatoms. The van der Waals surface area contributed by atoms with E-state index in [9.17, 15) is 0 Å². The van der Waals surface area contributed by atoms with Crippen LogP contribution in [-0.4, -0.2) is 14.2 Å². The molecular weight excluding hydrogens is 302 g/mol. The second-order valence-electron chi connectivity index (χ2n) is 5.85. The predicted molar refractivity (Wildman–Crippen MR) is 81.4 cm³/mol. The van der Waals surface area contributed by atoms with Gasteiger partial charge in [0.2, 0.25) is 0 Å². The van der Waals surface area contributed by atoms with Crippen molar-refractivity contribution in [1.29, 1.82) is 0 Å². The molecule has 1 aromatic rings. The molecule has 0 saturated heterocycles. The second kappa shape index (κ2) is 5.45. The summed E-state index contributed by atoms with van der Waals surface area (Å²) in [4.78, 5) is 0. The van der Waals surface area contributed by atoms with Crippen LogP contribution in [0.5, 0.6) is 5.75 Å². The Morgan fingerprint density at radius 3 is 2.47 bits per heavy atom. The van der Waals surface area contributed by atoms with Gasteiger partial charge >= 0.3 is 0 Å². The highest BCUT2D eigenvalue weighted by atomic mass is 79.9. The van der Waals surface area contributed by atoms with Gasteiger partial charge in [0.25, 0.3) is 0 Å². The molecule has 2 aliphatic carbocycles. The smallest absolute Gasteiger partial charge is 0.133 e. The summed E-state index contributed by atoms with van der Waals surface area (Å²) in [6.07, 6.45) is 5.73. The number of rotatable bonds is 4. The minimum Gasteiger partial charge on any atom is -0.496 e. The zero-order chi connectivity index (χ0) is 13.4. The van der Waals surface area contributed by atoms with Crippen molar-refractivity contribution in [3.05, 3.63) is 28.2 Å². The van der Waals surface area contributed by atoms with Crippen molar-refractivity contribution in [2.45, 2.75) is 31.7 Å². The summed E-state index contributed by atoms with van der Waals surface area (Å²) >= 11 is 3.60. The van der Waals surface area contributed by atoms with Crippen molar-refractivity contribution in [2.75, 3.05) is 14.2 Å². The van der Waals surface area contributed by atoms with E-state index in [0.29, 0.717) is 6.04 Å². The van der Waals surface area contributed by atoms with Crippen LogP contribution in [0.2, 0.25) is 0 Å². The Kier molecular flexibility index (Phi) is 3.86. The number of benzene rings is 1. The van der Waals surface area contributed by atoms with Gasteiger partial charge in [-0.2, -0.15) is 0 Å². The maximum atomic E-state index is 5.32. The molecule has 3 unspecified atom stereocenters. The van der Waals surface area contributed by atoms with E-state index in [1.54, 1.807) is 7.11 Å². The van der Waals surface area contributed by atoms with Crippen molar-refractivity contribution in [3.8, 4) is 5.75 Å². The highest BCUT2D eigenvalue weighted by molar-refractivity contribution is 9.10. The Bertz CT molecular complexity index is 450. The summed E-state index contributed by atoms with van der Waals surface area (Å²) in [5, 5.41) is 3.54. The van der Waals surface area contributed by atoms with Crippen LogP contribution in [0.3, 0.4) is 0 Å². The average Bonchev–Trinajstić information content (AvgIpc) is 3.15. The molecule has 0 heterocycles. The number of hydrogen-bond donors (Lipinski definition) is 1. The highest BCUT2D eigenvalue weighted by Crippen LogP contribution is 2.60. The van der Waals surface area contributed by atoms with Gasteiger partial charge in [0.05, 0.1) is 11.6 Å². The second-order valence-corrected chi connectivity index (χ2v) is 6.70. The molecule has 1 N–H and O–H groups in total. The van der Waals surface area contributed by atoms with E-state index in [2.05, 4.69) is 46.5 Å². The molecule has 2 nitrogen and oxygen atoms in total. The summed E-state index contributed by atoms with van der Waals surface area (Å²) in [5.74, 6) is 3.68. The van der Waals surface area contributed by atoms with Gasteiger partial charge in [-0.15, -0.1) is 0 Å². The topological polar surface area (TPSA) is 21.3 Å². The summed E-state index contributed by atoms with van der Waals surface area (Å²) in [6, 6.07) is 6.98. The first-order chi connectivity index (χ1) is 9.26. The number of nitrogens with one attached hydrogen (secondary N) is 1. The van der Waals surface area contributed by atoms with Gasteiger partial charge in [-0.3, -0.25) is 0 Å². The third kappa shape index (κ3) is 2.43. The molecule has 2 saturated carbocycles. The fourth-order valence-electron chi connectivity index (χ4n) is 4.00. The first-order valence-corrected chi connectivity index (χ1v) is 8.06. The minimum atomic E-state index is 0.496. The summed E-state index contributed by atoms with van der Waals surface area (Å²) < 4.78 is 6.37. The molecule has 0 spiro atoms. The maximum Gasteiger partial charge on any atom is 0.133 e. The summed E-state index contributed by atoms with van der Waals surface area (Å²) in [6.45, 7) is 0. The zero-order valence-corrected chi connectivity index (χ0v) is 13.2. The van der Waals surface area contributed by atoms with Gasteiger partial charge in [0, 0.05) is 6.04 Å². The van der Waals surface area contributed by atoms with Crippen LogP contribution in [-0.2, 0) is 0 Å². The maximum absolute atomic E-state index is 5.32. The van der Waals surface area contributed by atoms with Gasteiger partial charge in [0.1, 0.15) is 5.75 Å². The van der Waals surface area contributed by atoms with Gasteiger partial charge < -0.3 is 10.1 Å². The molecule has 104 valence electrons. The minimum absolute atomic E-state index is 0.496. The van der Waals surface area contributed by atoms with Crippen molar-refractivity contribution < 1.29 is 4.74 Å². The summed E-state index contributed by atoms with van der Waals surface area (Å²) in [5.41, 5.74) is 1.38. The van der Waals surface area contributed by atoms with E-state index in [0.717, 1.165) is 28.0 Å². The predicted octanol–water partition coefficient (Wildman–Crippen LogP) is 4.15. The van der Waals surface area contributed by atoms with Gasteiger partial charge in [-0.05, 0) is 71.3 Å². The number of halogens is 1. The normalized spacial score (nSPS) is 30.6. The fourth-order valence-corrected chi connectivity index (χ4v) is 4.56. The molecule has 2 fully saturated rings. The van der Waals surface area contributed by atoms with Crippen LogP contribution in [0.4, 0.5) is 0 Å². The molecule has 3 rings (SSSR count). The quantitative estimate of drug-likeness (QED) is 0.898. The molecule has 0 amide bonds. The van der Waals surface area contributed by atoms with Crippen LogP contribution in [0.1, 0.15) is 37.3 Å². The number of fused-ring (bicyclic) bond motifs is 1. The lowest BCUT2D eigenvalue weighted by atomic mass is 10.00. The molecule has 0 radical (unpaired) electrons. The lowest BCUT2D eigenvalue weighted by Crippen LogP contribution is -2.19. The molecule has 0 aliphatic heterocycles. The molecular formula is C16H22BrNO. The van der Waals surface area contributed by atoms with Crippen molar-refractivity contribution in [1.82, 2.24) is 5.32 Å². The molecule has 2 aliphatic rings. The van der Waals surface area contributed by atoms with E-state index >= 15 is 0 Å². The van der Waals surface area contributed by atoms with Gasteiger partial charge in [0.15, 0.2) is 0 Å². The first kappa shape index (κ1) is 13.4. The first-order valence-electron chi connectivity index (χ1n) is 7.27. The average molecular weight is 324 g/mol. The monoisotopic (exact) mass is 323 g/mol. The highest BCUT2D eigenvalue weighted by Gasteiger charge is 2.54. The largest absolute Gasteiger partial charge is 0.496 e. The number of methoxy groups -OCH3 is 1. The third-order valence-corrected chi connectivity index (χ3v) is 5.57.